The van der Waals surface area contributed by atoms with Crippen molar-refractivity contribution in [1.82, 2.24) is 9.13 Å². The summed E-state index contributed by atoms with van der Waals surface area (Å²) in [6, 6.07) is 0. The highest BCUT2D eigenvalue weighted by molar-refractivity contribution is 5.96. The molecule has 93 heavy (non-hydrogen) atoms. The van der Waals surface area contributed by atoms with Gasteiger partial charge in [0, 0.05) is 24.9 Å². The van der Waals surface area contributed by atoms with Crippen LogP contribution in [0.25, 0.3) is 0 Å². The molecule has 0 spiro atoms. The van der Waals surface area contributed by atoms with Crippen molar-refractivity contribution in [3.05, 3.63) is 56.2 Å². The summed E-state index contributed by atoms with van der Waals surface area (Å²) in [4.78, 5) is 84.1. The van der Waals surface area contributed by atoms with Crippen LogP contribution >= 0.6 is 0 Å². The Morgan fingerprint density at radius 1 is 0.484 bits per heavy atom. The van der Waals surface area contributed by atoms with Gasteiger partial charge in [0.05, 0.1) is 42.4 Å². The third kappa shape index (κ3) is 11.4. The first kappa shape index (κ1) is 70.6. The summed E-state index contributed by atoms with van der Waals surface area (Å²) in [7, 11) is 0. The number of carbonyl (C=O) groups excluding carboxylic acids is 4. The monoisotopic (exact) mass is 1290 g/mol. The summed E-state index contributed by atoms with van der Waals surface area (Å²) in [5.41, 5.74) is -1.45. The van der Waals surface area contributed by atoms with Crippen molar-refractivity contribution >= 4 is 23.5 Å². The molecule has 10 aliphatic rings. The molecule has 2 N–H and O–H groups in total. The highest BCUT2D eigenvalue weighted by Gasteiger charge is 2.73. The number of ether oxygens (including phenoxy) is 2. The van der Waals surface area contributed by atoms with Crippen molar-refractivity contribution in [2.24, 2.45) is 100 Å². The normalized spacial score (nSPS) is 42.9. The Bertz CT molecular complexity index is 3250. The van der Waals surface area contributed by atoms with Crippen molar-refractivity contribution in [2.75, 3.05) is 13.2 Å². The molecule has 8 fully saturated rings. The van der Waals surface area contributed by atoms with Gasteiger partial charge in [0.2, 0.25) is 5.82 Å². The maximum Gasteiger partial charge on any atom is 0.331 e. The van der Waals surface area contributed by atoms with E-state index in [4.69, 9.17) is 9.47 Å². The first-order valence-electron chi connectivity index (χ1n) is 37.7. The lowest BCUT2D eigenvalue weighted by molar-refractivity contribution is -0.203. The molecular formula is C80H123FN2O10. The predicted molar refractivity (Wildman–Crippen MR) is 363 cm³/mol. The number of aromatic nitrogens is 2. The van der Waals surface area contributed by atoms with E-state index in [0.29, 0.717) is 45.4 Å². The van der Waals surface area contributed by atoms with Gasteiger partial charge in [-0.2, -0.15) is 4.39 Å². The van der Waals surface area contributed by atoms with Crippen molar-refractivity contribution < 1.29 is 43.3 Å². The van der Waals surface area contributed by atoms with Gasteiger partial charge in [-0.1, -0.05) is 146 Å². The minimum Gasteiger partial charge on any atom is -0.465 e. The molecule has 0 saturated heterocycles. The van der Waals surface area contributed by atoms with Gasteiger partial charge >= 0.3 is 17.6 Å². The quantitative estimate of drug-likeness (QED) is 0.0946. The van der Waals surface area contributed by atoms with Crippen LogP contribution in [0, 0.1) is 106 Å². The number of aryl methyl sites for hydroxylation is 1. The van der Waals surface area contributed by atoms with E-state index in [9.17, 15) is 43.4 Å². The molecule has 1 aromatic heterocycles. The fourth-order valence-electron chi connectivity index (χ4n) is 24.5. The Kier molecular flexibility index (Phi) is 18.9. The molecule has 18 atom stereocenters. The minimum atomic E-state index is -0.918. The Morgan fingerprint density at radius 2 is 0.860 bits per heavy atom. The number of nitrogens with zero attached hydrogens (tertiary/aromatic N) is 2. The summed E-state index contributed by atoms with van der Waals surface area (Å²) in [5.74, 6) is 0.0621. The number of hydrogen-bond acceptors (Lipinski definition) is 10. The molecule has 1 aromatic rings. The predicted octanol–water partition coefficient (Wildman–Crippen LogP) is 16.6. The number of unbranched alkanes of at least 4 members (excludes halogenated alkanes) is 10. The number of rotatable bonds is 20. The molecule has 0 bridgehead atoms. The number of aliphatic hydroxyl groups is 2. The van der Waals surface area contributed by atoms with E-state index in [2.05, 4.69) is 109 Å². The van der Waals surface area contributed by atoms with Crippen LogP contribution in [0.1, 0.15) is 290 Å². The second-order valence-electron chi connectivity index (χ2n) is 37.2. The second-order valence-corrected chi connectivity index (χ2v) is 37.2. The fourth-order valence-corrected chi connectivity index (χ4v) is 24.5. The maximum atomic E-state index is 15.0. The van der Waals surface area contributed by atoms with Gasteiger partial charge in [-0.3, -0.25) is 33.1 Å². The van der Waals surface area contributed by atoms with Crippen LogP contribution in [0.4, 0.5) is 4.39 Å². The van der Waals surface area contributed by atoms with Crippen LogP contribution in [-0.4, -0.2) is 68.3 Å². The molecule has 11 rings (SSSR count). The Hall–Kier alpha value is -3.71. The zero-order chi connectivity index (χ0) is 67.5. The van der Waals surface area contributed by atoms with Crippen LogP contribution in [0.15, 0.2) is 39.1 Å². The molecule has 12 nitrogen and oxygen atoms in total. The number of ketones is 2. The molecule has 0 radical (unpaired) electrons. The molecule has 0 aromatic carbocycles. The van der Waals surface area contributed by atoms with Crippen molar-refractivity contribution in [1.29, 1.82) is 0 Å². The first-order chi connectivity index (χ1) is 43.5. The number of hydrogen-bond donors (Lipinski definition) is 2. The topological polar surface area (TPSA) is 171 Å². The fraction of sp³-hybridized carbons (Fsp3) is 0.850. The lowest BCUT2D eigenvalue weighted by Gasteiger charge is -2.70. The Balaban J connectivity index is 0.579. The molecule has 0 aliphatic heterocycles. The molecule has 520 valence electrons. The summed E-state index contributed by atoms with van der Waals surface area (Å²) in [6.07, 6.45) is 30.7. The van der Waals surface area contributed by atoms with Crippen LogP contribution in [0.2, 0.25) is 0 Å². The average Bonchev–Trinajstić information content (AvgIpc) is 0.681. The number of allylic oxidation sites excluding steroid dienone is 4. The van der Waals surface area contributed by atoms with Gasteiger partial charge in [0.25, 0.3) is 5.56 Å². The second kappa shape index (κ2) is 24.9. The molecular weight excluding hydrogens is 1170 g/mol. The third-order valence-corrected chi connectivity index (χ3v) is 31.3. The number of halogens is 1. The zero-order valence-corrected chi connectivity index (χ0v) is 60.3. The van der Waals surface area contributed by atoms with E-state index < -0.39 is 27.9 Å². The van der Waals surface area contributed by atoms with Crippen molar-refractivity contribution in [3.63, 3.8) is 0 Å². The molecule has 0 unspecified atom stereocenters. The van der Waals surface area contributed by atoms with E-state index in [1.54, 1.807) is 0 Å². The van der Waals surface area contributed by atoms with Crippen LogP contribution in [0.5, 0.6) is 0 Å². The third-order valence-electron chi connectivity index (χ3n) is 31.3. The average molecular weight is 1290 g/mol. The molecule has 10 aliphatic carbocycles. The van der Waals surface area contributed by atoms with Gasteiger partial charge < -0.3 is 19.7 Å². The van der Waals surface area contributed by atoms with E-state index in [-0.39, 0.29) is 132 Å². The van der Waals surface area contributed by atoms with Gasteiger partial charge in [-0.25, -0.2) is 4.79 Å². The maximum absolute atomic E-state index is 15.0. The summed E-state index contributed by atoms with van der Waals surface area (Å²) >= 11 is 0. The van der Waals surface area contributed by atoms with Crippen LogP contribution in [0.3, 0.4) is 0 Å². The molecule has 8 saturated carbocycles. The highest BCUT2D eigenvalue weighted by Crippen LogP contribution is 2.77. The molecule has 1 heterocycles. The Labute approximate surface area is 558 Å². The first-order valence-corrected chi connectivity index (χ1v) is 37.7. The number of aliphatic hydroxyl groups excluding tert-OH is 2. The van der Waals surface area contributed by atoms with Gasteiger partial charge in [-0.05, 0) is 245 Å². The largest absolute Gasteiger partial charge is 0.465 e. The number of esters is 2. The van der Waals surface area contributed by atoms with Gasteiger partial charge in [0.1, 0.15) is 0 Å². The van der Waals surface area contributed by atoms with E-state index >= 15 is 0 Å². The highest BCUT2D eigenvalue weighted by atomic mass is 19.1. The van der Waals surface area contributed by atoms with E-state index in [0.717, 1.165) is 178 Å². The lowest BCUT2D eigenvalue weighted by atomic mass is 9.33. The number of carbonyl (C=O) groups is 4. The summed E-state index contributed by atoms with van der Waals surface area (Å²) in [6.45, 7) is 33.5. The van der Waals surface area contributed by atoms with Crippen LogP contribution < -0.4 is 11.2 Å². The number of fused-ring (bicyclic) bond motifs is 14. The molecule has 13 heteroatoms. The van der Waals surface area contributed by atoms with Crippen LogP contribution in [-0.2, 0) is 41.7 Å². The lowest BCUT2D eigenvalue weighted by Crippen LogP contribution is -2.66. The summed E-state index contributed by atoms with van der Waals surface area (Å²) in [5, 5.41) is 22.3. The SMILES string of the molecule is CC1(C)[C@@H](O)CC[C@]2(C)[C@H]3C(=O)C=C4[C@@H]5C[C@@](C)(C(=O)OCCCCCCCCn6cc(F)c(=O)n(CCCCCCCCOC(=O)[C@@]7(C)CC[C@]8(C)CC[C@]9(C)C(=CC(=O)[C@@H]%10[C@@]%11(C)CC[C@H](O)C(C)(C)[C@@H]%11CC[C@]%109C)[C@@H]8C7)c6=O)CC[C@]5(C)CC[C@@]4(C)[C@]3(C)CC[C@@H]12. The molecule has 0 amide bonds. The zero-order valence-electron chi connectivity index (χ0n) is 60.3. The van der Waals surface area contributed by atoms with Gasteiger partial charge in [-0.15, -0.1) is 0 Å². The minimum absolute atomic E-state index is 0.0275. The van der Waals surface area contributed by atoms with Crippen molar-refractivity contribution in [2.45, 2.75) is 315 Å². The van der Waals surface area contributed by atoms with E-state index in [1.165, 1.54) is 15.7 Å². The Morgan fingerprint density at radius 3 is 1.28 bits per heavy atom. The van der Waals surface area contributed by atoms with E-state index in [1.807, 2.05) is 0 Å². The smallest absolute Gasteiger partial charge is 0.331 e. The van der Waals surface area contributed by atoms with Gasteiger partial charge in [0.15, 0.2) is 11.6 Å². The summed E-state index contributed by atoms with van der Waals surface area (Å²) < 4.78 is 29.5. The standard InChI is InChI=1S/C80H123FN2O10/c1-69(2)59-27-33-79(13)63(75(59,9)31-29-61(69)86)57(84)47-52-54-49-73(7,37-35-71(54,5)39-41-77(52,79)11)66(89)92-45-25-21-17-15-19-23-43-82-51-56(81)65(88)83(68(82)91)44-24-20-16-18-22-26-46-93-67(90)74(8)38-36-72(6)40-42-78(12)53(55(72)50-74)48-58(85)64-76(10)32-30-62(87)70(3,4)60(76)28-34-80(64,78)14/h47-48,51,54-55,59-64,86-87H,15-46,49-50H2,1-14H3/t54-,55-,59-,60-,61-,62-,63+,64+,71+,72+,73-,74-,75-,76-,77+,78+,79+,80+/m0/s1. The van der Waals surface area contributed by atoms with Crippen molar-refractivity contribution in [3.8, 4) is 0 Å².